The van der Waals surface area contributed by atoms with Crippen molar-refractivity contribution in [2.75, 3.05) is 44.1 Å². The number of nitrogens with zero attached hydrogens (tertiary/aromatic N) is 3. The van der Waals surface area contributed by atoms with Crippen LogP contribution in [-0.4, -0.2) is 63.4 Å². The van der Waals surface area contributed by atoms with E-state index in [1.807, 2.05) is 37.4 Å². The monoisotopic (exact) mass is 477 g/mol. The Hall–Kier alpha value is -1.94. The molecule has 1 aromatic heterocycles. The Labute approximate surface area is 192 Å². The third-order valence-electron chi connectivity index (χ3n) is 4.79. The molecule has 9 heteroatoms. The molecule has 6 nitrogen and oxygen atoms in total. The molecule has 31 heavy (non-hydrogen) atoms. The van der Waals surface area contributed by atoms with Crippen LogP contribution in [0.5, 0.6) is 0 Å². The molecular formula is C22H27N3O3S3. The molecule has 3 rings (SSSR count). The number of benzene rings is 2. The number of carbonyl (C=O) groups is 1. The van der Waals surface area contributed by atoms with Crippen LogP contribution in [0, 0.1) is 0 Å². The fraction of sp³-hybridized carbons (Fsp3) is 0.364. The number of rotatable bonds is 10. The third kappa shape index (κ3) is 6.29. The van der Waals surface area contributed by atoms with Crippen LogP contribution in [0.4, 0.5) is 5.13 Å². The zero-order valence-electron chi connectivity index (χ0n) is 17.9. The average molecular weight is 478 g/mol. The minimum atomic E-state index is -3.39. The van der Waals surface area contributed by atoms with Gasteiger partial charge in [-0.05, 0) is 57.1 Å². The Morgan fingerprint density at radius 1 is 1.10 bits per heavy atom. The fourth-order valence-corrected chi connectivity index (χ4v) is 5.95. The van der Waals surface area contributed by atoms with Gasteiger partial charge in [0.25, 0.3) is 0 Å². The van der Waals surface area contributed by atoms with Gasteiger partial charge in [-0.2, -0.15) is 0 Å². The van der Waals surface area contributed by atoms with E-state index in [9.17, 15) is 13.2 Å². The van der Waals surface area contributed by atoms with Crippen molar-refractivity contribution in [3.63, 3.8) is 0 Å². The van der Waals surface area contributed by atoms with Gasteiger partial charge in [-0.3, -0.25) is 9.69 Å². The van der Waals surface area contributed by atoms with Crippen molar-refractivity contribution in [2.45, 2.75) is 22.6 Å². The van der Waals surface area contributed by atoms with Crippen molar-refractivity contribution in [3.05, 3.63) is 48.5 Å². The summed E-state index contributed by atoms with van der Waals surface area (Å²) < 4.78 is 26.0. The van der Waals surface area contributed by atoms with E-state index in [0.717, 1.165) is 15.1 Å². The SMILES string of the molecule is CSc1ccc2nc(N(CCN(C)C)C(=O)CCCS(=O)(=O)c3ccccc3)sc2c1. The van der Waals surface area contributed by atoms with Gasteiger partial charge >= 0.3 is 0 Å². The summed E-state index contributed by atoms with van der Waals surface area (Å²) >= 11 is 3.16. The largest absolute Gasteiger partial charge is 0.308 e. The molecule has 3 aromatic rings. The molecule has 0 aliphatic carbocycles. The van der Waals surface area contributed by atoms with Crippen molar-refractivity contribution < 1.29 is 13.2 Å². The number of sulfone groups is 1. The molecule has 166 valence electrons. The lowest BCUT2D eigenvalue weighted by molar-refractivity contribution is -0.118. The molecule has 1 heterocycles. The molecule has 0 fully saturated rings. The van der Waals surface area contributed by atoms with Gasteiger partial charge in [0.1, 0.15) is 0 Å². The van der Waals surface area contributed by atoms with Crippen molar-refractivity contribution in [1.82, 2.24) is 9.88 Å². The van der Waals surface area contributed by atoms with Crippen molar-refractivity contribution in [2.24, 2.45) is 0 Å². The minimum absolute atomic E-state index is 0.0544. The summed E-state index contributed by atoms with van der Waals surface area (Å²) in [6, 6.07) is 14.5. The predicted molar refractivity (Wildman–Crippen MR) is 130 cm³/mol. The Balaban J connectivity index is 1.73. The molecule has 0 radical (unpaired) electrons. The molecule has 0 aliphatic heterocycles. The summed E-state index contributed by atoms with van der Waals surface area (Å²) in [5, 5.41) is 0.658. The first-order valence-electron chi connectivity index (χ1n) is 9.97. The van der Waals surface area contributed by atoms with E-state index in [4.69, 9.17) is 0 Å². The highest BCUT2D eigenvalue weighted by atomic mass is 32.2. The smallest absolute Gasteiger partial charge is 0.228 e. The zero-order chi connectivity index (χ0) is 22.4. The first kappa shape index (κ1) is 23.7. The third-order valence-corrected chi connectivity index (χ3v) is 8.38. The van der Waals surface area contributed by atoms with E-state index >= 15 is 0 Å². The topological polar surface area (TPSA) is 70.6 Å². The molecule has 0 bridgehead atoms. The van der Waals surface area contributed by atoms with Crippen molar-refractivity contribution in [3.8, 4) is 0 Å². The Kier molecular flexibility index (Phi) is 8.10. The normalized spacial score (nSPS) is 11.9. The first-order chi connectivity index (χ1) is 14.8. The maximum atomic E-state index is 13.1. The highest BCUT2D eigenvalue weighted by Gasteiger charge is 2.21. The number of aromatic nitrogens is 1. The van der Waals surface area contributed by atoms with E-state index < -0.39 is 9.84 Å². The van der Waals surface area contributed by atoms with Gasteiger partial charge in [0.2, 0.25) is 5.91 Å². The molecule has 0 saturated heterocycles. The van der Waals surface area contributed by atoms with Crippen LogP contribution < -0.4 is 4.90 Å². The number of likely N-dealkylation sites (N-methyl/N-ethyl adjacent to an activating group) is 1. The number of amides is 1. The van der Waals surface area contributed by atoms with Gasteiger partial charge in [0, 0.05) is 24.4 Å². The number of thiazole rings is 1. The molecule has 2 aromatic carbocycles. The maximum Gasteiger partial charge on any atom is 0.228 e. The summed E-state index contributed by atoms with van der Waals surface area (Å²) in [6.45, 7) is 1.20. The van der Waals surface area contributed by atoms with E-state index in [2.05, 4.69) is 11.1 Å². The highest BCUT2D eigenvalue weighted by molar-refractivity contribution is 7.98. The van der Waals surface area contributed by atoms with Crippen LogP contribution in [-0.2, 0) is 14.6 Å². The van der Waals surface area contributed by atoms with Gasteiger partial charge in [0.15, 0.2) is 15.0 Å². The number of hydrogen-bond donors (Lipinski definition) is 0. The number of thioether (sulfide) groups is 1. The van der Waals surface area contributed by atoms with Gasteiger partial charge in [-0.15, -0.1) is 11.8 Å². The second kappa shape index (κ2) is 10.6. The minimum Gasteiger partial charge on any atom is -0.308 e. The Morgan fingerprint density at radius 2 is 1.84 bits per heavy atom. The summed E-state index contributed by atoms with van der Waals surface area (Å²) in [6.07, 6.45) is 2.46. The van der Waals surface area contributed by atoms with Crippen LogP contribution in [0.2, 0.25) is 0 Å². The van der Waals surface area contributed by atoms with Crippen molar-refractivity contribution in [1.29, 1.82) is 0 Å². The van der Waals surface area contributed by atoms with Crippen LogP contribution in [0.15, 0.2) is 58.3 Å². The average Bonchev–Trinajstić information content (AvgIpc) is 3.17. The van der Waals surface area contributed by atoms with Crippen LogP contribution >= 0.6 is 23.1 Å². The molecule has 0 N–H and O–H groups in total. The van der Waals surface area contributed by atoms with Gasteiger partial charge in [-0.25, -0.2) is 13.4 Å². The summed E-state index contributed by atoms with van der Waals surface area (Å²) in [5.74, 6) is -0.157. The maximum absolute atomic E-state index is 13.1. The first-order valence-corrected chi connectivity index (χ1v) is 13.7. The lowest BCUT2D eigenvalue weighted by Gasteiger charge is -2.22. The molecule has 1 amide bonds. The number of fused-ring (bicyclic) bond motifs is 1. The number of carbonyl (C=O) groups excluding carboxylic acids is 1. The Morgan fingerprint density at radius 3 is 2.52 bits per heavy atom. The predicted octanol–water partition coefficient (Wildman–Crippen LogP) is 4.17. The van der Waals surface area contributed by atoms with Gasteiger partial charge in [0.05, 0.1) is 20.9 Å². The van der Waals surface area contributed by atoms with Gasteiger partial charge < -0.3 is 4.90 Å². The zero-order valence-corrected chi connectivity index (χ0v) is 20.4. The van der Waals surface area contributed by atoms with Crippen molar-refractivity contribution >= 4 is 54.2 Å². The van der Waals surface area contributed by atoms with E-state index in [0.29, 0.717) is 23.1 Å². The van der Waals surface area contributed by atoms with Crippen LogP contribution in [0.1, 0.15) is 12.8 Å². The highest BCUT2D eigenvalue weighted by Crippen LogP contribution is 2.32. The number of hydrogen-bond acceptors (Lipinski definition) is 7. The van der Waals surface area contributed by atoms with Crippen LogP contribution in [0.25, 0.3) is 10.2 Å². The number of anilines is 1. The molecular weight excluding hydrogens is 450 g/mol. The lowest BCUT2D eigenvalue weighted by Crippen LogP contribution is -2.36. The second-order valence-corrected chi connectivity index (χ2v) is 11.4. The molecule has 0 saturated carbocycles. The summed E-state index contributed by atoms with van der Waals surface area (Å²) in [4.78, 5) is 22.9. The molecule has 0 unspecified atom stereocenters. The molecule has 0 spiro atoms. The summed E-state index contributed by atoms with van der Waals surface area (Å²) in [7, 11) is 0.519. The van der Waals surface area contributed by atoms with Crippen LogP contribution in [0.3, 0.4) is 0 Å². The standard InChI is InChI=1S/C22H27N3O3S3/c1-24(2)13-14-25(22-23-19-12-11-17(29-3)16-20(19)30-22)21(26)10-7-15-31(27,28)18-8-5-4-6-9-18/h4-6,8-9,11-12,16H,7,10,13-15H2,1-3H3. The quantitative estimate of drug-likeness (QED) is 0.408. The van der Waals surface area contributed by atoms with E-state index in [1.54, 1.807) is 47.0 Å². The fourth-order valence-electron chi connectivity index (χ4n) is 3.06. The second-order valence-electron chi connectivity index (χ2n) is 7.41. The molecule has 0 aliphatic rings. The summed E-state index contributed by atoms with van der Waals surface area (Å²) in [5.41, 5.74) is 0.868. The van der Waals surface area contributed by atoms with Gasteiger partial charge in [-0.1, -0.05) is 29.5 Å². The Bertz CT molecular complexity index is 1130. The molecule has 0 atom stereocenters. The lowest BCUT2D eigenvalue weighted by atomic mass is 10.3. The van der Waals surface area contributed by atoms with E-state index in [-0.39, 0.29) is 24.5 Å². The van der Waals surface area contributed by atoms with E-state index in [1.165, 1.54) is 11.3 Å².